The minimum atomic E-state index is -0.404. The molecule has 0 aliphatic carbocycles. The lowest BCUT2D eigenvalue weighted by Gasteiger charge is -2.03. The Morgan fingerprint density at radius 1 is 0.778 bits per heavy atom. The highest BCUT2D eigenvalue weighted by atomic mass is 16.5. The number of carbonyl (C=O) groups is 2. The predicted octanol–water partition coefficient (Wildman–Crippen LogP) is 5.74. The molecular formula is C23H38O4. The molecule has 154 valence electrons. The maximum absolute atomic E-state index is 11.5. The predicted molar refractivity (Wildman–Crippen MR) is 110 cm³/mol. The monoisotopic (exact) mass is 378 g/mol. The molecule has 0 unspecified atom stereocenters. The standard InChI is InChI=1S/C23H38O4/c1-3-5-7-9-10-11-12-13-14-15-17-21-27-23(25)19-18-22(24)26-20-16-8-6-4-2/h6,8H,3-5,7,9-14,16,18-21H2,1-2H3/b8-6+. The van der Waals surface area contributed by atoms with Gasteiger partial charge >= 0.3 is 11.9 Å². The van der Waals surface area contributed by atoms with Crippen molar-refractivity contribution in [3.63, 3.8) is 0 Å². The van der Waals surface area contributed by atoms with Gasteiger partial charge in [-0.05, 0) is 19.3 Å². The van der Waals surface area contributed by atoms with Crippen molar-refractivity contribution in [1.29, 1.82) is 0 Å². The number of carbonyl (C=O) groups excluding carboxylic acids is 2. The van der Waals surface area contributed by atoms with Crippen molar-refractivity contribution >= 4 is 11.9 Å². The summed E-state index contributed by atoms with van der Waals surface area (Å²) in [5.74, 6) is 5.13. The van der Waals surface area contributed by atoms with Gasteiger partial charge in [0.1, 0.15) is 0 Å². The van der Waals surface area contributed by atoms with Crippen molar-refractivity contribution in [1.82, 2.24) is 0 Å². The van der Waals surface area contributed by atoms with Gasteiger partial charge in [-0.1, -0.05) is 82.8 Å². The van der Waals surface area contributed by atoms with E-state index in [1.807, 2.05) is 12.2 Å². The Balaban J connectivity index is 3.47. The number of unbranched alkanes of at least 4 members (excludes halogenated alkanes) is 8. The van der Waals surface area contributed by atoms with Crippen molar-refractivity contribution in [2.75, 3.05) is 13.2 Å². The molecule has 0 spiro atoms. The summed E-state index contributed by atoms with van der Waals surface area (Å²) in [4.78, 5) is 23.0. The van der Waals surface area contributed by atoms with Crippen molar-refractivity contribution in [2.45, 2.75) is 97.3 Å². The van der Waals surface area contributed by atoms with Gasteiger partial charge in [0.2, 0.25) is 0 Å². The number of hydrogen-bond donors (Lipinski definition) is 0. The summed E-state index contributed by atoms with van der Waals surface area (Å²) >= 11 is 0. The van der Waals surface area contributed by atoms with E-state index in [4.69, 9.17) is 9.47 Å². The van der Waals surface area contributed by atoms with Crippen LogP contribution in [0.3, 0.4) is 0 Å². The molecule has 0 aliphatic heterocycles. The first-order valence-electron chi connectivity index (χ1n) is 10.6. The van der Waals surface area contributed by atoms with E-state index in [1.165, 1.54) is 44.9 Å². The molecule has 0 fully saturated rings. The average molecular weight is 379 g/mol. The summed E-state index contributed by atoms with van der Waals surface area (Å²) in [7, 11) is 0. The lowest BCUT2D eigenvalue weighted by atomic mass is 10.1. The van der Waals surface area contributed by atoms with Gasteiger partial charge in [-0.25, -0.2) is 0 Å². The first-order valence-corrected chi connectivity index (χ1v) is 10.6. The number of allylic oxidation sites excluding steroid dienone is 1. The van der Waals surface area contributed by atoms with E-state index in [2.05, 4.69) is 25.7 Å². The average Bonchev–Trinajstić information content (AvgIpc) is 2.67. The molecule has 0 aliphatic rings. The molecule has 27 heavy (non-hydrogen) atoms. The molecule has 0 radical (unpaired) electrons. The fraction of sp³-hybridized carbons (Fsp3) is 0.739. The fourth-order valence-corrected chi connectivity index (χ4v) is 2.48. The molecule has 0 bridgehead atoms. The van der Waals surface area contributed by atoms with Crippen LogP contribution in [-0.4, -0.2) is 25.2 Å². The molecule has 0 aromatic heterocycles. The minimum Gasteiger partial charge on any atom is -0.465 e. The number of ether oxygens (including phenoxy) is 2. The van der Waals surface area contributed by atoms with Gasteiger partial charge < -0.3 is 9.47 Å². The summed E-state index contributed by atoms with van der Waals surface area (Å²) in [5, 5.41) is 0. The van der Waals surface area contributed by atoms with Crippen LogP contribution in [0.15, 0.2) is 12.2 Å². The molecule has 0 N–H and O–H groups in total. The maximum Gasteiger partial charge on any atom is 0.307 e. The van der Waals surface area contributed by atoms with Crippen molar-refractivity contribution < 1.29 is 19.1 Å². The number of rotatable bonds is 16. The molecule has 4 nitrogen and oxygen atoms in total. The Bertz CT molecular complexity index is 457. The van der Waals surface area contributed by atoms with Crippen LogP contribution in [0.5, 0.6) is 0 Å². The van der Waals surface area contributed by atoms with E-state index >= 15 is 0 Å². The third kappa shape index (κ3) is 20.4. The van der Waals surface area contributed by atoms with Crippen LogP contribution in [0.2, 0.25) is 0 Å². The third-order valence-corrected chi connectivity index (χ3v) is 4.07. The van der Waals surface area contributed by atoms with Crippen molar-refractivity contribution in [2.24, 2.45) is 0 Å². The molecular weight excluding hydrogens is 340 g/mol. The molecule has 0 saturated carbocycles. The van der Waals surface area contributed by atoms with Gasteiger partial charge in [-0.15, -0.1) is 0 Å². The number of esters is 2. The molecule has 0 aromatic carbocycles. The van der Waals surface area contributed by atoms with E-state index in [-0.39, 0.29) is 25.4 Å². The Kier molecular flexibility index (Phi) is 19.2. The first-order chi connectivity index (χ1) is 13.2. The lowest BCUT2D eigenvalue weighted by Crippen LogP contribution is -2.10. The Hall–Kier alpha value is -1.76. The van der Waals surface area contributed by atoms with Gasteiger partial charge in [0.05, 0.1) is 19.4 Å². The summed E-state index contributed by atoms with van der Waals surface area (Å²) in [6.07, 6.45) is 16.9. The molecule has 0 amide bonds. The SMILES string of the molecule is CC/C=C/CCOC(=O)CCC(=O)OCC#CCCCCCCCCCC. The van der Waals surface area contributed by atoms with Crippen molar-refractivity contribution in [3.05, 3.63) is 12.2 Å². The van der Waals surface area contributed by atoms with E-state index in [9.17, 15) is 9.59 Å². The molecule has 0 aromatic rings. The zero-order valence-corrected chi connectivity index (χ0v) is 17.4. The Morgan fingerprint density at radius 3 is 2.07 bits per heavy atom. The zero-order valence-electron chi connectivity index (χ0n) is 17.4. The highest BCUT2D eigenvalue weighted by molar-refractivity contribution is 5.77. The normalized spacial score (nSPS) is 10.4. The van der Waals surface area contributed by atoms with E-state index in [1.54, 1.807) is 0 Å². The van der Waals surface area contributed by atoms with Gasteiger partial charge in [0.25, 0.3) is 0 Å². The topological polar surface area (TPSA) is 52.6 Å². The molecule has 0 heterocycles. The number of hydrogen-bond acceptors (Lipinski definition) is 4. The van der Waals surface area contributed by atoms with E-state index < -0.39 is 5.97 Å². The van der Waals surface area contributed by atoms with Crippen LogP contribution in [-0.2, 0) is 19.1 Å². The largest absolute Gasteiger partial charge is 0.465 e. The highest BCUT2D eigenvalue weighted by Crippen LogP contribution is 2.09. The summed E-state index contributed by atoms with van der Waals surface area (Å²) in [6, 6.07) is 0. The van der Waals surface area contributed by atoms with E-state index in [0.29, 0.717) is 13.0 Å². The van der Waals surface area contributed by atoms with Gasteiger partial charge in [0, 0.05) is 6.42 Å². The van der Waals surface area contributed by atoms with Gasteiger partial charge in [-0.2, -0.15) is 0 Å². The first kappa shape index (κ1) is 25.2. The second kappa shape index (κ2) is 20.6. The molecule has 4 heteroatoms. The van der Waals surface area contributed by atoms with Crippen LogP contribution in [0, 0.1) is 11.8 Å². The van der Waals surface area contributed by atoms with Crippen LogP contribution < -0.4 is 0 Å². The second-order valence-electron chi connectivity index (χ2n) is 6.63. The lowest BCUT2D eigenvalue weighted by molar-refractivity contribution is -0.149. The van der Waals surface area contributed by atoms with Crippen LogP contribution in [0.4, 0.5) is 0 Å². The highest BCUT2D eigenvalue weighted by Gasteiger charge is 2.08. The van der Waals surface area contributed by atoms with Gasteiger partial charge in [-0.3, -0.25) is 9.59 Å². The smallest absolute Gasteiger partial charge is 0.307 e. The van der Waals surface area contributed by atoms with Crippen LogP contribution in [0.1, 0.15) is 97.3 Å². The minimum absolute atomic E-state index is 0.0450. The quantitative estimate of drug-likeness (QED) is 0.149. The van der Waals surface area contributed by atoms with E-state index in [0.717, 1.165) is 19.3 Å². The molecule has 0 saturated heterocycles. The second-order valence-corrected chi connectivity index (χ2v) is 6.63. The zero-order chi connectivity index (χ0) is 20.0. The molecule has 0 atom stereocenters. The maximum atomic E-state index is 11.5. The third-order valence-electron chi connectivity index (χ3n) is 4.07. The Labute approximate surface area is 166 Å². The Morgan fingerprint density at radius 2 is 1.41 bits per heavy atom. The van der Waals surface area contributed by atoms with Crippen LogP contribution >= 0.6 is 0 Å². The molecule has 0 rings (SSSR count). The van der Waals surface area contributed by atoms with Crippen molar-refractivity contribution in [3.8, 4) is 11.8 Å². The van der Waals surface area contributed by atoms with Crippen LogP contribution in [0.25, 0.3) is 0 Å². The summed E-state index contributed by atoms with van der Waals surface area (Å²) in [5.41, 5.74) is 0. The van der Waals surface area contributed by atoms with Gasteiger partial charge in [0.15, 0.2) is 6.61 Å². The summed E-state index contributed by atoms with van der Waals surface area (Å²) in [6.45, 7) is 4.74. The fourth-order valence-electron chi connectivity index (χ4n) is 2.48. The summed E-state index contributed by atoms with van der Waals surface area (Å²) < 4.78 is 10.0.